The van der Waals surface area contributed by atoms with E-state index < -0.39 is 16.1 Å². The highest BCUT2D eigenvalue weighted by atomic mass is 32.2. The van der Waals surface area contributed by atoms with E-state index in [1.165, 1.54) is 17.0 Å². The maximum Gasteiger partial charge on any atom is 0.242 e. The summed E-state index contributed by atoms with van der Waals surface area (Å²) in [6.45, 7) is 6.17. The SMILES string of the molecule is Cc1ccccc1CN(C(=O)CCCN(c1ccccc1C)S(C)(=O)=O)[C@H](C)C(=O)NC1CCCCC1. The third kappa shape index (κ3) is 8.06. The van der Waals surface area contributed by atoms with Gasteiger partial charge >= 0.3 is 0 Å². The minimum Gasteiger partial charge on any atom is -0.352 e. The van der Waals surface area contributed by atoms with Gasteiger partial charge in [-0.3, -0.25) is 13.9 Å². The number of benzene rings is 2. The van der Waals surface area contributed by atoms with Gasteiger partial charge in [-0.05, 0) is 62.8 Å². The first-order valence-electron chi connectivity index (χ1n) is 13.3. The molecule has 1 atom stereocenters. The van der Waals surface area contributed by atoms with Crippen molar-refractivity contribution in [2.45, 2.75) is 84.3 Å². The first-order chi connectivity index (χ1) is 17.6. The molecule has 2 amide bonds. The number of nitrogens with zero attached hydrogens (tertiary/aromatic N) is 2. The van der Waals surface area contributed by atoms with Crippen LogP contribution in [0.5, 0.6) is 0 Å². The molecule has 1 aliphatic carbocycles. The quantitative estimate of drug-likeness (QED) is 0.458. The number of carbonyl (C=O) groups is 2. The normalized spacial score (nSPS) is 15.1. The molecule has 7 nitrogen and oxygen atoms in total. The zero-order valence-corrected chi connectivity index (χ0v) is 23.4. The van der Waals surface area contributed by atoms with Gasteiger partial charge in [0.1, 0.15) is 6.04 Å². The van der Waals surface area contributed by atoms with Gasteiger partial charge in [0.15, 0.2) is 0 Å². The van der Waals surface area contributed by atoms with E-state index in [0.29, 0.717) is 18.7 Å². The summed E-state index contributed by atoms with van der Waals surface area (Å²) in [5.41, 5.74) is 3.52. The summed E-state index contributed by atoms with van der Waals surface area (Å²) in [4.78, 5) is 28.3. The van der Waals surface area contributed by atoms with Crippen molar-refractivity contribution in [1.29, 1.82) is 0 Å². The first-order valence-corrected chi connectivity index (χ1v) is 15.1. The average molecular weight is 528 g/mol. The van der Waals surface area contributed by atoms with Crippen molar-refractivity contribution in [3.63, 3.8) is 0 Å². The van der Waals surface area contributed by atoms with Gasteiger partial charge < -0.3 is 10.2 Å². The number of hydrogen-bond donors (Lipinski definition) is 1. The fourth-order valence-corrected chi connectivity index (χ4v) is 5.97. The highest BCUT2D eigenvalue weighted by molar-refractivity contribution is 7.92. The molecule has 1 N–H and O–H groups in total. The molecule has 0 radical (unpaired) electrons. The number of para-hydroxylation sites is 1. The van der Waals surface area contributed by atoms with Crippen LogP contribution >= 0.6 is 0 Å². The van der Waals surface area contributed by atoms with Crippen LogP contribution < -0.4 is 9.62 Å². The summed E-state index contributed by atoms with van der Waals surface area (Å²) in [5.74, 6) is -0.292. The third-order valence-electron chi connectivity index (χ3n) is 7.26. The van der Waals surface area contributed by atoms with Crippen LogP contribution in [0.3, 0.4) is 0 Å². The highest BCUT2D eigenvalue weighted by Gasteiger charge is 2.28. The molecule has 2 aromatic carbocycles. The van der Waals surface area contributed by atoms with E-state index in [9.17, 15) is 18.0 Å². The first kappa shape index (κ1) is 28.7. The lowest BCUT2D eigenvalue weighted by Gasteiger charge is -2.32. The van der Waals surface area contributed by atoms with Crippen molar-refractivity contribution < 1.29 is 18.0 Å². The lowest BCUT2D eigenvalue weighted by Crippen LogP contribution is -2.50. The molecular weight excluding hydrogens is 486 g/mol. The Hall–Kier alpha value is -2.87. The molecule has 0 aromatic heterocycles. The van der Waals surface area contributed by atoms with Gasteiger partial charge in [-0.25, -0.2) is 8.42 Å². The van der Waals surface area contributed by atoms with E-state index in [0.717, 1.165) is 42.4 Å². The van der Waals surface area contributed by atoms with Crippen LogP contribution in [0, 0.1) is 13.8 Å². The standard InChI is InChI=1S/C29H41N3O4S/c1-22-13-8-10-15-25(22)21-31(24(3)29(34)30-26-16-6-5-7-17-26)28(33)19-12-20-32(37(4,35)36)27-18-11-9-14-23(27)2/h8-11,13-15,18,24,26H,5-7,12,16-17,19-21H2,1-4H3,(H,30,34)/t24-/m1/s1. The predicted molar refractivity (Wildman–Crippen MR) is 149 cm³/mol. The van der Waals surface area contributed by atoms with E-state index >= 15 is 0 Å². The maximum absolute atomic E-state index is 13.5. The summed E-state index contributed by atoms with van der Waals surface area (Å²) in [5, 5.41) is 3.16. The molecule has 1 saturated carbocycles. The minimum absolute atomic E-state index is 0.133. The second kappa shape index (κ2) is 13.1. The second-order valence-corrected chi connectivity index (χ2v) is 12.1. The molecule has 0 spiro atoms. The van der Waals surface area contributed by atoms with Gasteiger partial charge in [-0.15, -0.1) is 0 Å². The number of anilines is 1. The summed E-state index contributed by atoms with van der Waals surface area (Å²) in [6.07, 6.45) is 7.06. The van der Waals surface area contributed by atoms with Crippen LogP contribution in [0.4, 0.5) is 5.69 Å². The number of amides is 2. The Balaban J connectivity index is 1.73. The lowest BCUT2D eigenvalue weighted by molar-refractivity contribution is -0.141. The Bertz CT molecular complexity index is 1180. The average Bonchev–Trinajstić information content (AvgIpc) is 2.86. The third-order valence-corrected chi connectivity index (χ3v) is 8.44. The number of hydrogen-bond acceptors (Lipinski definition) is 4. The molecule has 0 unspecified atom stereocenters. The lowest BCUT2D eigenvalue weighted by atomic mass is 9.95. The monoisotopic (exact) mass is 527 g/mol. The number of rotatable bonds is 11. The van der Waals surface area contributed by atoms with E-state index in [-0.39, 0.29) is 30.8 Å². The molecule has 1 fully saturated rings. The van der Waals surface area contributed by atoms with E-state index in [1.54, 1.807) is 17.9 Å². The van der Waals surface area contributed by atoms with E-state index in [1.807, 2.05) is 56.3 Å². The molecule has 2 aromatic rings. The molecule has 8 heteroatoms. The Kier molecular flexibility index (Phi) is 10.1. The van der Waals surface area contributed by atoms with Crippen LogP contribution in [0.1, 0.15) is 68.6 Å². The van der Waals surface area contributed by atoms with E-state index in [2.05, 4.69) is 5.32 Å². The Morgan fingerprint density at radius 2 is 1.59 bits per heavy atom. The number of sulfonamides is 1. The minimum atomic E-state index is -3.51. The number of aryl methyl sites for hydroxylation is 2. The summed E-state index contributed by atoms with van der Waals surface area (Å²) >= 11 is 0. The largest absolute Gasteiger partial charge is 0.352 e. The van der Waals surface area contributed by atoms with E-state index in [4.69, 9.17) is 0 Å². The molecule has 0 saturated heterocycles. The van der Waals surface area contributed by atoms with Crippen LogP contribution in [0.2, 0.25) is 0 Å². The van der Waals surface area contributed by atoms with Crippen LogP contribution in [0.15, 0.2) is 48.5 Å². The van der Waals surface area contributed by atoms with Crippen molar-refractivity contribution in [2.75, 3.05) is 17.1 Å². The van der Waals surface area contributed by atoms with Crippen molar-refractivity contribution in [3.8, 4) is 0 Å². The zero-order chi connectivity index (χ0) is 27.0. The molecule has 3 rings (SSSR count). The molecule has 0 bridgehead atoms. The van der Waals surface area contributed by atoms with Gasteiger partial charge in [0.05, 0.1) is 11.9 Å². The van der Waals surface area contributed by atoms with Gasteiger partial charge in [-0.1, -0.05) is 61.7 Å². The van der Waals surface area contributed by atoms with Gasteiger partial charge in [-0.2, -0.15) is 0 Å². The van der Waals surface area contributed by atoms with Crippen molar-refractivity contribution in [3.05, 3.63) is 65.2 Å². The summed E-state index contributed by atoms with van der Waals surface area (Å²) in [6, 6.07) is 14.7. The maximum atomic E-state index is 13.5. The molecule has 202 valence electrons. The smallest absolute Gasteiger partial charge is 0.242 e. The topological polar surface area (TPSA) is 86.8 Å². The second-order valence-electron chi connectivity index (χ2n) is 10.2. The Labute approximate surface area is 222 Å². The highest BCUT2D eigenvalue weighted by Crippen LogP contribution is 2.23. The predicted octanol–water partition coefficient (Wildman–Crippen LogP) is 4.72. The van der Waals surface area contributed by atoms with Crippen molar-refractivity contribution in [1.82, 2.24) is 10.2 Å². The fourth-order valence-electron chi connectivity index (χ4n) is 4.95. The summed E-state index contributed by atoms with van der Waals surface area (Å²) < 4.78 is 26.4. The zero-order valence-electron chi connectivity index (χ0n) is 22.6. The molecule has 37 heavy (non-hydrogen) atoms. The van der Waals surface area contributed by atoms with Gasteiger partial charge in [0.25, 0.3) is 0 Å². The van der Waals surface area contributed by atoms with Crippen molar-refractivity contribution >= 4 is 27.5 Å². The van der Waals surface area contributed by atoms with Crippen LogP contribution in [0.25, 0.3) is 0 Å². The molecule has 0 aliphatic heterocycles. The fraction of sp³-hybridized carbons (Fsp3) is 0.517. The summed E-state index contributed by atoms with van der Waals surface area (Å²) in [7, 11) is -3.51. The molecular formula is C29H41N3O4S. The Morgan fingerprint density at radius 3 is 2.22 bits per heavy atom. The van der Waals surface area contributed by atoms with Crippen molar-refractivity contribution in [2.24, 2.45) is 0 Å². The Morgan fingerprint density at radius 1 is 0.973 bits per heavy atom. The van der Waals surface area contributed by atoms with Gasteiger partial charge in [0, 0.05) is 25.6 Å². The number of carbonyl (C=O) groups excluding carboxylic acids is 2. The molecule has 0 heterocycles. The van der Waals surface area contributed by atoms with Crippen LogP contribution in [-0.4, -0.2) is 50.0 Å². The molecule has 1 aliphatic rings. The van der Waals surface area contributed by atoms with Crippen LogP contribution in [-0.2, 0) is 26.2 Å². The van der Waals surface area contributed by atoms with Gasteiger partial charge in [0.2, 0.25) is 21.8 Å². The number of nitrogens with one attached hydrogen (secondary N) is 1.